The van der Waals surface area contributed by atoms with Crippen LogP contribution in [-0.4, -0.2) is 43.1 Å². The summed E-state index contributed by atoms with van der Waals surface area (Å²) in [7, 11) is -1.22. The topological polar surface area (TPSA) is 87.8 Å². The van der Waals surface area contributed by atoms with Gasteiger partial charge in [-0.2, -0.15) is 13.2 Å². The van der Waals surface area contributed by atoms with Crippen LogP contribution in [0.3, 0.4) is 0 Å². The number of hydrogen-bond acceptors (Lipinski definition) is 7. The molecule has 1 fully saturated rings. The highest BCUT2D eigenvalue weighted by atomic mass is 19.4. The number of hydrogen-bond donors (Lipinski definition) is 0. The third-order valence-electron chi connectivity index (χ3n) is 6.01. The summed E-state index contributed by atoms with van der Waals surface area (Å²) in [5.41, 5.74) is 1.86. The maximum Gasteiger partial charge on any atom is 0.434 e. The van der Waals surface area contributed by atoms with Crippen molar-refractivity contribution >= 4 is 0 Å². The van der Waals surface area contributed by atoms with Crippen LogP contribution in [0.1, 0.15) is 52.4 Å². The minimum absolute atomic E-state index is 0.121. The van der Waals surface area contributed by atoms with E-state index < -0.39 is 18.9 Å². The molecular formula is C26H25F3N6O2. The molecule has 3 heterocycles. The van der Waals surface area contributed by atoms with Gasteiger partial charge in [0.05, 0.1) is 35.3 Å². The van der Waals surface area contributed by atoms with E-state index in [0.29, 0.717) is 41.3 Å². The first-order valence-corrected chi connectivity index (χ1v) is 11.7. The lowest BCUT2D eigenvalue weighted by molar-refractivity contribution is -0.140. The second kappa shape index (κ2) is 9.79. The first kappa shape index (κ1) is 21.1. The Morgan fingerprint density at radius 1 is 1.11 bits per heavy atom. The molecule has 0 spiro atoms. The van der Waals surface area contributed by atoms with Crippen LogP contribution in [-0.2, 0) is 19.6 Å². The van der Waals surface area contributed by atoms with Crippen molar-refractivity contribution in [3.63, 3.8) is 0 Å². The van der Waals surface area contributed by atoms with Gasteiger partial charge in [-0.25, -0.2) is 24.9 Å². The minimum atomic E-state index is -4.53. The van der Waals surface area contributed by atoms with Crippen molar-refractivity contribution in [3.8, 4) is 34.4 Å². The van der Waals surface area contributed by atoms with Gasteiger partial charge >= 0.3 is 6.18 Å². The Bertz CT molecular complexity index is 1520. The number of halogens is 3. The predicted molar refractivity (Wildman–Crippen MR) is 129 cm³/mol. The third kappa shape index (κ3) is 5.11. The van der Waals surface area contributed by atoms with E-state index in [-0.39, 0.29) is 23.4 Å². The van der Waals surface area contributed by atoms with Crippen molar-refractivity contribution in [2.45, 2.75) is 38.3 Å². The van der Waals surface area contributed by atoms with Crippen LogP contribution < -0.4 is 9.47 Å². The van der Waals surface area contributed by atoms with Crippen molar-refractivity contribution in [1.29, 1.82) is 0 Å². The van der Waals surface area contributed by atoms with E-state index in [4.69, 9.17) is 18.6 Å². The molecule has 0 radical (unpaired) electrons. The smallest absolute Gasteiger partial charge is 0.434 e. The van der Waals surface area contributed by atoms with Crippen molar-refractivity contribution in [2.24, 2.45) is 7.05 Å². The van der Waals surface area contributed by atoms with Crippen molar-refractivity contribution in [2.75, 3.05) is 13.6 Å². The van der Waals surface area contributed by atoms with Gasteiger partial charge < -0.3 is 14.0 Å². The summed E-state index contributed by atoms with van der Waals surface area (Å²) in [5, 5.41) is 0. The lowest BCUT2D eigenvalue weighted by Gasteiger charge is -2.14. The van der Waals surface area contributed by atoms with Gasteiger partial charge in [0.15, 0.2) is 17.3 Å². The molecule has 11 heteroatoms. The Morgan fingerprint density at radius 2 is 1.89 bits per heavy atom. The fraction of sp³-hybridized carbons (Fsp3) is 0.346. The van der Waals surface area contributed by atoms with E-state index in [2.05, 4.69) is 19.9 Å². The molecule has 1 aliphatic rings. The highest BCUT2D eigenvalue weighted by molar-refractivity contribution is 5.66. The molecule has 0 N–H and O–H groups in total. The quantitative estimate of drug-likeness (QED) is 0.319. The number of rotatable bonds is 8. The second-order valence-corrected chi connectivity index (χ2v) is 8.69. The molecule has 0 unspecified atom stereocenters. The van der Waals surface area contributed by atoms with Crippen LogP contribution in [0.5, 0.6) is 11.6 Å². The summed E-state index contributed by atoms with van der Waals surface area (Å²) in [6.07, 6.45) is 1.31. The Hall–Kier alpha value is -4.02. The predicted octanol–water partition coefficient (Wildman–Crippen LogP) is 5.23. The fourth-order valence-electron chi connectivity index (χ4n) is 4.10. The summed E-state index contributed by atoms with van der Waals surface area (Å²) in [4.78, 5) is 21.3. The molecule has 0 amide bonds. The SMILES string of the molecule is [2H]C([2H])([2H])Oc1ncnc(C2CC2)c1-c1ncc(OCC)c(Cc2ccc(-c3nc(C(F)(F)F)cn3C)cc2)n1. The molecule has 0 atom stereocenters. The van der Waals surface area contributed by atoms with Crippen LogP contribution in [0.15, 0.2) is 43.0 Å². The highest BCUT2D eigenvalue weighted by Gasteiger charge is 2.34. The summed E-state index contributed by atoms with van der Waals surface area (Å²) in [6, 6.07) is 6.94. The summed E-state index contributed by atoms with van der Waals surface area (Å²) < 4.78 is 74.2. The Balaban J connectivity index is 1.49. The average Bonchev–Trinajstić information content (AvgIpc) is 3.65. The third-order valence-corrected chi connectivity index (χ3v) is 6.01. The first-order chi connectivity index (χ1) is 18.9. The number of ether oxygens (including phenoxy) is 2. The van der Waals surface area contributed by atoms with Crippen molar-refractivity contribution < 1.29 is 26.8 Å². The maximum absolute atomic E-state index is 13.1. The van der Waals surface area contributed by atoms with Crippen molar-refractivity contribution in [1.82, 2.24) is 29.5 Å². The number of aryl methyl sites for hydroxylation is 1. The van der Waals surface area contributed by atoms with Crippen LogP contribution in [0.2, 0.25) is 0 Å². The molecule has 0 saturated heterocycles. The molecule has 3 aromatic heterocycles. The number of aromatic nitrogens is 6. The van der Waals surface area contributed by atoms with Crippen LogP contribution in [0.25, 0.3) is 22.8 Å². The van der Waals surface area contributed by atoms with Gasteiger partial charge in [0.1, 0.15) is 17.7 Å². The van der Waals surface area contributed by atoms with Crippen LogP contribution in [0.4, 0.5) is 13.2 Å². The number of imidazole rings is 1. The zero-order valence-corrected chi connectivity index (χ0v) is 20.1. The number of methoxy groups -OCH3 is 1. The molecule has 1 aromatic carbocycles. The zero-order valence-electron chi connectivity index (χ0n) is 23.1. The largest absolute Gasteiger partial charge is 0.490 e. The highest BCUT2D eigenvalue weighted by Crippen LogP contribution is 2.45. The normalized spacial score (nSPS) is 15.1. The number of nitrogens with zero attached hydrogens (tertiary/aromatic N) is 6. The van der Waals surface area contributed by atoms with Gasteiger partial charge in [-0.05, 0) is 25.3 Å². The zero-order chi connectivity index (χ0) is 28.7. The van der Waals surface area contributed by atoms with Gasteiger partial charge in [0.25, 0.3) is 0 Å². The van der Waals surface area contributed by atoms with Gasteiger partial charge in [-0.3, -0.25) is 0 Å². The first-order valence-electron chi connectivity index (χ1n) is 13.2. The molecular weight excluding hydrogens is 485 g/mol. The lowest BCUT2D eigenvalue weighted by Crippen LogP contribution is -2.06. The van der Waals surface area contributed by atoms with Crippen LogP contribution in [0, 0.1) is 0 Å². The van der Waals surface area contributed by atoms with Gasteiger partial charge in [-0.15, -0.1) is 0 Å². The van der Waals surface area contributed by atoms with Gasteiger partial charge in [-0.1, -0.05) is 24.3 Å². The van der Waals surface area contributed by atoms with Gasteiger partial charge in [0.2, 0.25) is 5.88 Å². The van der Waals surface area contributed by atoms with Gasteiger partial charge in [0, 0.05) is 31.1 Å². The van der Waals surface area contributed by atoms with E-state index in [1.165, 1.54) is 24.1 Å². The Morgan fingerprint density at radius 3 is 2.54 bits per heavy atom. The van der Waals surface area contributed by atoms with Crippen LogP contribution >= 0.6 is 0 Å². The summed E-state index contributed by atoms with van der Waals surface area (Å²) in [5.74, 6) is 0.857. The average molecular weight is 514 g/mol. The monoisotopic (exact) mass is 513 g/mol. The Kier molecular flexibility index (Phi) is 5.59. The maximum atomic E-state index is 13.1. The standard InChI is InChI=1S/C26H25F3N6O2/c1-4-37-19-12-30-23(21-22(16-9-10-16)31-14-32-25(21)36-3)33-18(19)11-15-5-7-17(8-6-15)24-34-20(13-35(24)2)26(27,28)29/h5-8,12-14,16H,4,9-11H2,1-3H3/i3D3. The fourth-order valence-corrected chi connectivity index (χ4v) is 4.10. The van der Waals surface area contributed by atoms with E-state index in [9.17, 15) is 13.2 Å². The second-order valence-electron chi connectivity index (χ2n) is 8.69. The Labute approximate surface area is 215 Å². The molecule has 1 aliphatic carbocycles. The minimum Gasteiger partial charge on any atom is -0.490 e. The molecule has 0 bridgehead atoms. The summed E-state index contributed by atoms with van der Waals surface area (Å²) in [6.45, 7) is 2.19. The number of benzene rings is 1. The molecule has 37 heavy (non-hydrogen) atoms. The van der Waals surface area contributed by atoms with Crippen molar-refractivity contribution in [3.05, 3.63) is 65.6 Å². The molecule has 1 saturated carbocycles. The molecule has 0 aliphatic heterocycles. The van der Waals surface area contributed by atoms with E-state index in [1.54, 1.807) is 24.3 Å². The molecule has 4 aromatic rings. The van der Waals surface area contributed by atoms with E-state index in [0.717, 1.165) is 24.6 Å². The lowest BCUT2D eigenvalue weighted by atomic mass is 10.1. The number of alkyl halides is 3. The molecule has 5 rings (SSSR count). The van der Waals surface area contributed by atoms with E-state index in [1.807, 2.05) is 6.92 Å². The molecule has 192 valence electrons. The molecule has 8 nitrogen and oxygen atoms in total. The summed E-state index contributed by atoms with van der Waals surface area (Å²) >= 11 is 0. The van der Waals surface area contributed by atoms with E-state index >= 15 is 0 Å².